The molecule has 0 unspecified atom stereocenters. The van der Waals surface area contributed by atoms with E-state index in [-0.39, 0.29) is 12.1 Å². The van der Waals surface area contributed by atoms with E-state index in [4.69, 9.17) is 4.74 Å². The van der Waals surface area contributed by atoms with E-state index in [2.05, 4.69) is 35.2 Å². The monoisotopic (exact) mass is 399 g/mol. The first kappa shape index (κ1) is 19.1. The summed E-state index contributed by atoms with van der Waals surface area (Å²) in [5, 5.41) is 3.18. The molecule has 10 nitrogen and oxygen atoms in total. The number of hydrogen-bond acceptors (Lipinski definition) is 9. The molecule has 1 saturated heterocycles. The van der Waals surface area contributed by atoms with Crippen LogP contribution in [0.3, 0.4) is 0 Å². The third-order valence-corrected chi connectivity index (χ3v) is 4.60. The van der Waals surface area contributed by atoms with Crippen LogP contribution in [0, 0.1) is 5.82 Å². The maximum Gasteiger partial charge on any atom is 0.230 e. The topological polar surface area (TPSA) is 107 Å². The van der Waals surface area contributed by atoms with Gasteiger partial charge in [0.2, 0.25) is 11.9 Å². The molecule has 11 heteroatoms. The van der Waals surface area contributed by atoms with Crippen molar-refractivity contribution < 1.29 is 9.13 Å². The molecule has 1 N–H and O–H groups in total. The second-order valence-corrected chi connectivity index (χ2v) is 6.97. The molecule has 0 bridgehead atoms. The smallest absolute Gasteiger partial charge is 0.230 e. The van der Waals surface area contributed by atoms with E-state index in [1.807, 2.05) is 29.6 Å². The van der Waals surface area contributed by atoms with E-state index in [1.165, 1.54) is 0 Å². The van der Waals surface area contributed by atoms with Crippen molar-refractivity contribution in [2.24, 2.45) is 7.05 Å². The minimum absolute atomic E-state index is 0.175. The zero-order valence-electron chi connectivity index (χ0n) is 16.4. The Morgan fingerprint density at radius 3 is 2.62 bits per heavy atom. The fourth-order valence-electron chi connectivity index (χ4n) is 2.97. The summed E-state index contributed by atoms with van der Waals surface area (Å²) in [6.45, 7) is 3.30. The number of aromatic nitrogens is 7. The fourth-order valence-corrected chi connectivity index (χ4v) is 2.97. The van der Waals surface area contributed by atoms with Crippen molar-refractivity contribution >= 4 is 11.9 Å². The van der Waals surface area contributed by atoms with Gasteiger partial charge in [-0.05, 0) is 6.92 Å². The summed E-state index contributed by atoms with van der Waals surface area (Å²) in [6, 6.07) is -0.309. The highest BCUT2D eigenvalue weighted by Gasteiger charge is 2.29. The molecule has 1 aliphatic heterocycles. The van der Waals surface area contributed by atoms with Crippen LogP contribution in [0.1, 0.15) is 30.3 Å². The number of imidazole rings is 1. The molecule has 4 rings (SSSR count). The predicted octanol–water partition coefficient (Wildman–Crippen LogP) is 1.13. The Kier molecular flexibility index (Phi) is 5.30. The number of nitrogens with zero attached hydrogens (tertiary/aromatic N) is 8. The SMILES string of the molecule is COC1CN(c2nc(Cc3cn(C)cn3)nc(N[C@@H](C)c3ncc(F)cn3)n2)C1. The molecule has 0 radical (unpaired) electrons. The third kappa shape index (κ3) is 4.45. The van der Waals surface area contributed by atoms with E-state index >= 15 is 0 Å². The number of halogens is 1. The first-order valence-corrected chi connectivity index (χ1v) is 9.23. The van der Waals surface area contributed by atoms with Crippen LogP contribution in [0.4, 0.5) is 16.3 Å². The Morgan fingerprint density at radius 2 is 1.97 bits per heavy atom. The van der Waals surface area contributed by atoms with Crippen LogP contribution in [0.15, 0.2) is 24.9 Å². The Balaban J connectivity index is 1.57. The molecule has 3 aromatic rings. The Bertz CT molecular complexity index is 972. The molecule has 0 aromatic carbocycles. The van der Waals surface area contributed by atoms with Crippen molar-refractivity contribution in [3.8, 4) is 0 Å². The number of rotatable bonds is 7. The molecular formula is C18H22FN9O. The number of ether oxygens (including phenoxy) is 1. The highest BCUT2D eigenvalue weighted by Crippen LogP contribution is 2.21. The molecule has 0 saturated carbocycles. The minimum atomic E-state index is -0.480. The van der Waals surface area contributed by atoms with Gasteiger partial charge in [0.15, 0.2) is 5.82 Å². The molecule has 1 atom stereocenters. The number of hydrogen-bond donors (Lipinski definition) is 1. The summed E-state index contributed by atoms with van der Waals surface area (Å²) in [5.74, 6) is 1.55. The standard InChI is InChI=1S/C18H22FN9O/c1-11(16-20-5-12(19)6-21-16)23-17-24-15(4-13-7-27(2)10-22-13)25-18(26-17)28-8-14(9-28)29-3/h5-7,10-11,14H,4,8-9H2,1-3H3,(H,23,24,25,26)/t11-/m0/s1. The lowest BCUT2D eigenvalue weighted by Crippen LogP contribution is -2.52. The summed E-state index contributed by atoms with van der Waals surface area (Å²) in [6.07, 6.45) is 6.59. The highest BCUT2D eigenvalue weighted by atomic mass is 19.1. The van der Waals surface area contributed by atoms with Crippen LogP contribution < -0.4 is 10.2 Å². The summed E-state index contributed by atoms with van der Waals surface area (Å²) in [5.41, 5.74) is 0.865. The van der Waals surface area contributed by atoms with Gasteiger partial charge in [0, 0.05) is 33.4 Å². The fraction of sp³-hybridized carbons (Fsp3) is 0.444. The second kappa shape index (κ2) is 8.03. The number of anilines is 2. The lowest BCUT2D eigenvalue weighted by Gasteiger charge is -2.38. The van der Waals surface area contributed by atoms with Crippen LogP contribution in [0.2, 0.25) is 0 Å². The van der Waals surface area contributed by atoms with Crippen LogP contribution in [0.25, 0.3) is 0 Å². The molecule has 0 spiro atoms. The first-order valence-electron chi connectivity index (χ1n) is 9.23. The average molecular weight is 399 g/mol. The molecule has 152 valence electrons. The second-order valence-electron chi connectivity index (χ2n) is 6.97. The normalized spacial score (nSPS) is 15.2. The van der Waals surface area contributed by atoms with Gasteiger partial charge in [-0.3, -0.25) is 0 Å². The maximum atomic E-state index is 13.1. The van der Waals surface area contributed by atoms with Gasteiger partial charge in [-0.25, -0.2) is 19.3 Å². The average Bonchev–Trinajstić information content (AvgIpc) is 3.06. The van der Waals surface area contributed by atoms with Gasteiger partial charge >= 0.3 is 0 Å². The molecule has 0 aliphatic carbocycles. The van der Waals surface area contributed by atoms with Crippen molar-refractivity contribution in [1.82, 2.24) is 34.5 Å². The maximum absolute atomic E-state index is 13.1. The van der Waals surface area contributed by atoms with E-state index in [0.717, 1.165) is 31.2 Å². The predicted molar refractivity (Wildman–Crippen MR) is 103 cm³/mol. The summed E-state index contributed by atoms with van der Waals surface area (Å²) in [4.78, 5) is 28.1. The Morgan fingerprint density at radius 1 is 1.21 bits per heavy atom. The van der Waals surface area contributed by atoms with Crippen molar-refractivity contribution in [2.75, 3.05) is 30.4 Å². The largest absolute Gasteiger partial charge is 0.378 e. The Labute approximate surface area is 167 Å². The van der Waals surface area contributed by atoms with E-state index in [9.17, 15) is 4.39 Å². The highest BCUT2D eigenvalue weighted by molar-refractivity contribution is 5.41. The first-order chi connectivity index (χ1) is 14.0. The van der Waals surface area contributed by atoms with Crippen molar-refractivity contribution in [2.45, 2.75) is 25.5 Å². The molecule has 4 heterocycles. The zero-order valence-corrected chi connectivity index (χ0v) is 16.4. The summed E-state index contributed by atoms with van der Waals surface area (Å²) in [7, 11) is 3.61. The van der Waals surface area contributed by atoms with Gasteiger partial charge in [0.05, 0.1) is 43.0 Å². The zero-order chi connectivity index (χ0) is 20.4. The van der Waals surface area contributed by atoms with Gasteiger partial charge in [0.25, 0.3) is 0 Å². The lowest BCUT2D eigenvalue weighted by molar-refractivity contribution is 0.0778. The summed E-state index contributed by atoms with van der Waals surface area (Å²) < 4.78 is 20.3. The third-order valence-electron chi connectivity index (χ3n) is 4.60. The van der Waals surface area contributed by atoms with Crippen molar-refractivity contribution in [3.05, 3.63) is 48.1 Å². The quantitative estimate of drug-likeness (QED) is 0.626. The van der Waals surface area contributed by atoms with Crippen LogP contribution in [0.5, 0.6) is 0 Å². The molecular weight excluding hydrogens is 377 g/mol. The molecule has 1 aliphatic rings. The van der Waals surface area contributed by atoms with Crippen LogP contribution in [-0.4, -0.2) is 60.8 Å². The van der Waals surface area contributed by atoms with Gasteiger partial charge in [-0.1, -0.05) is 0 Å². The van der Waals surface area contributed by atoms with Gasteiger partial charge in [-0.2, -0.15) is 15.0 Å². The van der Waals surface area contributed by atoms with Gasteiger partial charge < -0.3 is 19.5 Å². The number of nitrogens with one attached hydrogen (secondary N) is 1. The van der Waals surface area contributed by atoms with E-state index in [0.29, 0.717) is 30.0 Å². The van der Waals surface area contributed by atoms with Gasteiger partial charge in [-0.15, -0.1) is 0 Å². The van der Waals surface area contributed by atoms with E-state index in [1.54, 1.807) is 13.4 Å². The molecule has 0 amide bonds. The van der Waals surface area contributed by atoms with Gasteiger partial charge in [0.1, 0.15) is 11.6 Å². The molecule has 29 heavy (non-hydrogen) atoms. The molecule has 1 fully saturated rings. The molecule has 3 aromatic heterocycles. The van der Waals surface area contributed by atoms with E-state index < -0.39 is 5.82 Å². The summed E-state index contributed by atoms with van der Waals surface area (Å²) >= 11 is 0. The lowest BCUT2D eigenvalue weighted by atomic mass is 10.2. The van der Waals surface area contributed by atoms with Crippen LogP contribution in [-0.2, 0) is 18.2 Å². The van der Waals surface area contributed by atoms with Crippen molar-refractivity contribution in [3.63, 3.8) is 0 Å². The van der Waals surface area contributed by atoms with Crippen LogP contribution >= 0.6 is 0 Å². The Hall–Kier alpha value is -3.21. The minimum Gasteiger partial charge on any atom is -0.378 e. The number of aryl methyl sites for hydroxylation is 1. The van der Waals surface area contributed by atoms with Crippen molar-refractivity contribution in [1.29, 1.82) is 0 Å². The number of methoxy groups -OCH3 is 1.